The van der Waals surface area contributed by atoms with Crippen LogP contribution in [0.5, 0.6) is 0 Å². The quantitative estimate of drug-likeness (QED) is 0.763. The summed E-state index contributed by atoms with van der Waals surface area (Å²) in [6.07, 6.45) is 4.56. The van der Waals surface area contributed by atoms with Crippen molar-refractivity contribution in [3.05, 3.63) is 83.7 Å². The topological polar surface area (TPSA) is 67.2 Å². The maximum atomic E-state index is 12.8. The maximum Gasteiger partial charge on any atom is 0.255 e. The average molecular weight is 374 g/mol. The second-order valence-electron chi connectivity index (χ2n) is 7.00. The summed E-state index contributed by atoms with van der Waals surface area (Å²) in [6, 6.07) is 17.2. The molecule has 4 rings (SSSR count). The molecule has 0 fully saturated rings. The summed E-state index contributed by atoms with van der Waals surface area (Å²) < 4.78 is 1.72. The number of benzene rings is 2. The van der Waals surface area contributed by atoms with Gasteiger partial charge in [-0.3, -0.25) is 14.3 Å². The molecule has 2 heterocycles. The van der Waals surface area contributed by atoms with Crippen LogP contribution < -0.4 is 10.2 Å². The first-order valence-corrected chi connectivity index (χ1v) is 9.34. The number of carbonyl (C=O) groups is 2. The predicted molar refractivity (Wildman–Crippen MR) is 107 cm³/mol. The van der Waals surface area contributed by atoms with Crippen molar-refractivity contribution in [3.8, 4) is 0 Å². The number of anilines is 1. The summed E-state index contributed by atoms with van der Waals surface area (Å²) in [5.74, 6) is -0.382. The lowest BCUT2D eigenvalue weighted by Gasteiger charge is -2.21. The number of aryl methyl sites for hydroxylation is 1. The highest BCUT2D eigenvalue weighted by Crippen LogP contribution is 2.25. The van der Waals surface area contributed by atoms with Gasteiger partial charge in [0.05, 0.1) is 18.3 Å². The summed E-state index contributed by atoms with van der Waals surface area (Å²) in [7, 11) is 1.75. The van der Waals surface area contributed by atoms with E-state index in [2.05, 4.69) is 10.4 Å². The van der Waals surface area contributed by atoms with E-state index in [1.54, 1.807) is 22.8 Å². The number of nitrogens with zero attached hydrogens (tertiary/aromatic N) is 3. The number of rotatable bonds is 4. The molecule has 0 unspecified atom stereocenters. The molecule has 28 heavy (non-hydrogen) atoms. The van der Waals surface area contributed by atoms with Crippen LogP contribution in [0, 0.1) is 0 Å². The molecule has 0 bridgehead atoms. The van der Waals surface area contributed by atoms with Crippen LogP contribution in [0.3, 0.4) is 0 Å². The lowest BCUT2D eigenvalue weighted by Crippen LogP contribution is -2.46. The summed E-state index contributed by atoms with van der Waals surface area (Å²) in [5, 5.41) is 7.15. The van der Waals surface area contributed by atoms with Gasteiger partial charge in [0.2, 0.25) is 5.91 Å². The average Bonchev–Trinajstić information content (AvgIpc) is 3.15. The molecule has 2 amide bonds. The molecule has 2 aromatic carbocycles. The van der Waals surface area contributed by atoms with Crippen LogP contribution in [0.1, 0.15) is 27.9 Å². The third-order valence-electron chi connectivity index (χ3n) is 5.07. The van der Waals surface area contributed by atoms with Crippen LogP contribution in [0.15, 0.2) is 67.0 Å². The number of amides is 2. The minimum atomic E-state index is -0.553. The molecule has 0 aliphatic carbocycles. The first-order valence-electron chi connectivity index (χ1n) is 9.34. The number of carbonyl (C=O) groups excluding carboxylic acids is 2. The smallest absolute Gasteiger partial charge is 0.255 e. The Morgan fingerprint density at radius 3 is 2.71 bits per heavy atom. The molecule has 0 saturated carbocycles. The van der Waals surface area contributed by atoms with Gasteiger partial charge in [0, 0.05) is 18.9 Å². The van der Waals surface area contributed by atoms with E-state index in [4.69, 9.17) is 0 Å². The van der Waals surface area contributed by atoms with Crippen molar-refractivity contribution in [1.29, 1.82) is 0 Å². The largest absolute Gasteiger partial charge is 0.340 e. The number of likely N-dealkylation sites (N-methyl/N-ethyl adjacent to an activating group) is 1. The minimum absolute atomic E-state index is 0.102. The Kier molecular flexibility index (Phi) is 4.93. The van der Waals surface area contributed by atoms with Gasteiger partial charge in [-0.25, -0.2) is 0 Å². The molecule has 1 aliphatic rings. The second kappa shape index (κ2) is 7.68. The normalized spacial score (nSPS) is 16.4. The van der Waals surface area contributed by atoms with Crippen LogP contribution in [-0.2, 0) is 17.8 Å². The summed E-state index contributed by atoms with van der Waals surface area (Å²) >= 11 is 0. The molecule has 142 valence electrons. The number of hydrogen-bond donors (Lipinski definition) is 1. The van der Waals surface area contributed by atoms with Gasteiger partial charge in [-0.15, -0.1) is 0 Å². The van der Waals surface area contributed by atoms with E-state index in [1.807, 2.05) is 54.6 Å². The molecular formula is C22H22N4O2. The Morgan fingerprint density at radius 1 is 1.14 bits per heavy atom. The first kappa shape index (κ1) is 18.0. The van der Waals surface area contributed by atoms with Gasteiger partial charge in [0.15, 0.2) is 0 Å². The van der Waals surface area contributed by atoms with Crippen LogP contribution in [-0.4, -0.2) is 34.7 Å². The number of hydrogen-bond acceptors (Lipinski definition) is 3. The zero-order chi connectivity index (χ0) is 19.5. The summed E-state index contributed by atoms with van der Waals surface area (Å²) in [6.45, 7) is 0.592. The lowest BCUT2D eigenvalue weighted by molar-refractivity contribution is -0.120. The van der Waals surface area contributed by atoms with Gasteiger partial charge in [0.25, 0.3) is 5.91 Å². The predicted octanol–water partition coefficient (Wildman–Crippen LogP) is 2.64. The molecular weight excluding hydrogens is 352 g/mol. The number of fused-ring (bicyclic) bond motifs is 1. The Balaban J connectivity index is 1.45. The zero-order valence-electron chi connectivity index (χ0n) is 15.7. The molecule has 6 heteroatoms. The van der Waals surface area contributed by atoms with E-state index in [0.29, 0.717) is 18.5 Å². The Bertz CT molecular complexity index is 997. The van der Waals surface area contributed by atoms with E-state index in [-0.39, 0.29) is 11.8 Å². The van der Waals surface area contributed by atoms with Gasteiger partial charge in [-0.05, 0) is 30.0 Å². The van der Waals surface area contributed by atoms with Crippen molar-refractivity contribution in [2.45, 2.75) is 25.4 Å². The van der Waals surface area contributed by atoms with E-state index < -0.39 is 6.04 Å². The highest BCUT2D eigenvalue weighted by Gasteiger charge is 2.29. The minimum Gasteiger partial charge on any atom is -0.340 e. The number of nitrogens with one attached hydrogen (secondary N) is 1. The van der Waals surface area contributed by atoms with Crippen LogP contribution in [0.25, 0.3) is 0 Å². The summed E-state index contributed by atoms with van der Waals surface area (Å²) in [5.41, 5.74) is 3.58. The lowest BCUT2D eigenvalue weighted by atomic mass is 10.1. The molecule has 0 radical (unpaired) electrons. The number of aromatic nitrogens is 2. The van der Waals surface area contributed by atoms with E-state index >= 15 is 0 Å². The fourth-order valence-corrected chi connectivity index (χ4v) is 3.54. The molecule has 3 aromatic rings. The van der Waals surface area contributed by atoms with Gasteiger partial charge in [-0.2, -0.15) is 5.10 Å². The van der Waals surface area contributed by atoms with Crippen LogP contribution in [0.2, 0.25) is 0 Å². The van der Waals surface area contributed by atoms with Crippen molar-refractivity contribution in [3.63, 3.8) is 0 Å². The molecule has 1 N–H and O–H groups in total. The van der Waals surface area contributed by atoms with E-state index in [1.165, 1.54) is 6.20 Å². The van der Waals surface area contributed by atoms with Crippen molar-refractivity contribution < 1.29 is 9.59 Å². The van der Waals surface area contributed by atoms with E-state index in [9.17, 15) is 9.59 Å². The Hall–Kier alpha value is -3.41. The van der Waals surface area contributed by atoms with Crippen molar-refractivity contribution in [2.75, 3.05) is 11.9 Å². The molecule has 0 saturated heterocycles. The molecule has 6 nitrogen and oxygen atoms in total. The van der Waals surface area contributed by atoms with E-state index in [0.717, 1.165) is 23.2 Å². The summed E-state index contributed by atoms with van der Waals surface area (Å²) in [4.78, 5) is 27.1. The van der Waals surface area contributed by atoms with Crippen LogP contribution >= 0.6 is 0 Å². The number of para-hydroxylation sites is 1. The Morgan fingerprint density at radius 2 is 1.89 bits per heavy atom. The van der Waals surface area contributed by atoms with Gasteiger partial charge >= 0.3 is 0 Å². The monoisotopic (exact) mass is 374 g/mol. The van der Waals surface area contributed by atoms with Crippen molar-refractivity contribution in [2.24, 2.45) is 0 Å². The van der Waals surface area contributed by atoms with Gasteiger partial charge < -0.3 is 10.2 Å². The third-order valence-corrected chi connectivity index (χ3v) is 5.07. The first-order chi connectivity index (χ1) is 13.6. The molecule has 1 aromatic heterocycles. The fourth-order valence-electron chi connectivity index (χ4n) is 3.54. The highest BCUT2D eigenvalue weighted by molar-refractivity contribution is 6.02. The second-order valence-corrected chi connectivity index (χ2v) is 7.00. The van der Waals surface area contributed by atoms with Gasteiger partial charge in [-0.1, -0.05) is 48.5 Å². The zero-order valence-corrected chi connectivity index (χ0v) is 15.7. The SMILES string of the molecule is CN1C(=O)[C@@H](NC(=O)c2cnn(Cc3ccccc3)c2)CCc2ccccc21. The molecule has 1 aliphatic heterocycles. The maximum absolute atomic E-state index is 12.8. The molecule has 0 spiro atoms. The molecule has 1 atom stereocenters. The van der Waals surface area contributed by atoms with Crippen molar-refractivity contribution >= 4 is 17.5 Å². The standard InChI is InChI=1S/C22H22N4O2/c1-25-20-10-6-5-9-17(20)11-12-19(22(25)28)24-21(27)18-13-23-26(15-18)14-16-7-3-2-4-8-16/h2-10,13,15,19H,11-12,14H2,1H3,(H,24,27)/t19-/m0/s1. The third kappa shape index (κ3) is 3.67. The Labute approximate surface area is 163 Å². The van der Waals surface area contributed by atoms with Crippen LogP contribution in [0.4, 0.5) is 5.69 Å². The highest BCUT2D eigenvalue weighted by atomic mass is 16.2. The van der Waals surface area contributed by atoms with Crippen molar-refractivity contribution in [1.82, 2.24) is 15.1 Å². The fraction of sp³-hybridized carbons (Fsp3) is 0.227. The van der Waals surface area contributed by atoms with Gasteiger partial charge in [0.1, 0.15) is 6.04 Å².